The van der Waals surface area contributed by atoms with Gasteiger partial charge >= 0.3 is 0 Å². The van der Waals surface area contributed by atoms with E-state index in [-0.39, 0.29) is 5.78 Å². The third kappa shape index (κ3) is 2.44. The molecule has 0 aromatic rings. The number of ether oxygens (including phenoxy) is 1. The highest BCUT2D eigenvalue weighted by Crippen LogP contribution is 2.33. The van der Waals surface area contributed by atoms with Gasteiger partial charge in [-0.1, -0.05) is 25.3 Å². The van der Waals surface area contributed by atoms with Crippen LogP contribution in [0.5, 0.6) is 0 Å². The molecule has 2 nitrogen and oxygen atoms in total. The molecule has 1 aliphatic carbocycles. The van der Waals surface area contributed by atoms with Crippen molar-refractivity contribution in [3.8, 4) is 0 Å². The Bertz CT molecular complexity index is 202. The van der Waals surface area contributed by atoms with E-state index in [4.69, 9.17) is 4.74 Å². The third-order valence-electron chi connectivity index (χ3n) is 3.14. The molecule has 0 aromatic carbocycles. The Kier molecular flexibility index (Phi) is 4.33. The highest BCUT2D eigenvalue weighted by atomic mass is 16.5. The van der Waals surface area contributed by atoms with Gasteiger partial charge in [0.1, 0.15) is 5.60 Å². The highest BCUT2D eigenvalue weighted by molar-refractivity contribution is 5.87. The summed E-state index contributed by atoms with van der Waals surface area (Å²) in [6, 6.07) is 0. The van der Waals surface area contributed by atoms with Gasteiger partial charge in [-0.25, -0.2) is 0 Å². The molecule has 0 heterocycles. The molecule has 0 saturated heterocycles. The minimum Gasteiger partial charge on any atom is -0.370 e. The molecular weight excluding hydrogens is 176 g/mol. The minimum atomic E-state index is -0.457. The zero-order valence-corrected chi connectivity index (χ0v) is 9.05. The zero-order chi connectivity index (χ0) is 10.4. The Morgan fingerprint density at radius 3 is 2.57 bits per heavy atom. The quantitative estimate of drug-likeness (QED) is 0.632. The van der Waals surface area contributed by atoms with Crippen molar-refractivity contribution >= 4 is 5.78 Å². The lowest BCUT2D eigenvalue weighted by molar-refractivity contribution is -0.145. The molecule has 0 aromatic heterocycles. The van der Waals surface area contributed by atoms with Crippen LogP contribution in [0.25, 0.3) is 0 Å². The van der Waals surface area contributed by atoms with Gasteiger partial charge < -0.3 is 4.74 Å². The first-order valence-electron chi connectivity index (χ1n) is 5.44. The van der Waals surface area contributed by atoms with Gasteiger partial charge in [0.2, 0.25) is 0 Å². The highest BCUT2D eigenvalue weighted by Gasteiger charge is 2.38. The molecule has 2 heteroatoms. The van der Waals surface area contributed by atoms with E-state index in [0.29, 0.717) is 6.42 Å². The van der Waals surface area contributed by atoms with Crippen molar-refractivity contribution < 1.29 is 9.53 Å². The summed E-state index contributed by atoms with van der Waals surface area (Å²) in [5, 5.41) is 0. The molecule has 1 fully saturated rings. The standard InChI is InChI=1S/C12H20O2/c1-3-4-8-11(13)12(14-2)9-6-5-7-10-12/h3H,1,4-10H2,2H3. The number of hydrogen-bond acceptors (Lipinski definition) is 2. The van der Waals surface area contributed by atoms with Crippen LogP contribution in [-0.4, -0.2) is 18.5 Å². The van der Waals surface area contributed by atoms with Crippen molar-refractivity contribution in [1.29, 1.82) is 0 Å². The van der Waals surface area contributed by atoms with Crippen molar-refractivity contribution in [2.24, 2.45) is 0 Å². The number of carbonyl (C=O) groups excluding carboxylic acids is 1. The van der Waals surface area contributed by atoms with Crippen LogP contribution in [0.2, 0.25) is 0 Å². The lowest BCUT2D eigenvalue weighted by atomic mass is 9.80. The number of hydrogen-bond donors (Lipinski definition) is 0. The summed E-state index contributed by atoms with van der Waals surface area (Å²) in [6.45, 7) is 3.63. The van der Waals surface area contributed by atoms with E-state index in [1.54, 1.807) is 13.2 Å². The molecule has 0 aliphatic heterocycles. The molecule has 1 saturated carbocycles. The van der Waals surface area contributed by atoms with Crippen molar-refractivity contribution in [1.82, 2.24) is 0 Å². The molecule has 0 radical (unpaired) electrons. The molecule has 0 N–H and O–H groups in total. The van der Waals surface area contributed by atoms with Gasteiger partial charge in [-0.05, 0) is 19.3 Å². The van der Waals surface area contributed by atoms with Crippen LogP contribution in [0, 0.1) is 0 Å². The number of Topliss-reactive ketones (excluding diaryl/α,β-unsaturated/α-hetero) is 1. The van der Waals surface area contributed by atoms with Crippen LogP contribution in [0.1, 0.15) is 44.9 Å². The molecular formula is C12H20O2. The fourth-order valence-corrected chi connectivity index (χ4v) is 2.18. The van der Waals surface area contributed by atoms with Gasteiger partial charge in [-0.2, -0.15) is 0 Å². The molecule has 14 heavy (non-hydrogen) atoms. The van der Waals surface area contributed by atoms with E-state index >= 15 is 0 Å². The maximum atomic E-state index is 11.9. The number of methoxy groups -OCH3 is 1. The van der Waals surface area contributed by atoms with E-state index < -0.39 is 5.60 Å². The van der Waals surface area contributed by atoms with Crippen LogP contribution in [0.4, 0.5) is 0 Å². The Balaban J connectivity index is 2.57. The van der Waals surface area contributed by atoms with E-state index in [1.807, 2.05) is 0 Å². The summed E-state index contributed by atoms with van der Waals surface area (Å²) in [4.78, 5) is 11.9. The van der Waals surface area contributed by atoms with E-state index in [9.17, 15) is 4.79 Å². The van der Waals surface area contributed by atoms with Gasteiger partial charge in [-0.3, -0.25) is 4.79 Å². The average Bonchev–Trinajstić information content (AvgIpc) is 2.26. The van der Waals surface area contributed by atoms with E-state index in [0.717, 1.165) is 32.1 Å². The molecule has 0 unspecified atom stereocenters. The number of allylic oxidation sites excluding steroid dienone is 1. The van der Waals surface area contributed by atoms with Crippen LogP contribution in [0.15, 0.2) is 12.7 Å². The van der Waals surface area contributed by atoms with Gasteiger partial charge in [0.05, 0.1) is 0 Å². The van der Waals surface area contributed by atoms with Crippen LogP contribution >= 0.6 is 0 Å². The SMILES string of the molecule is C=CCCC(=O)C1(OC)CCCCC1. The summed E-state index contributed by atoms with van der Waals surface area (Å²) in [5.74, 6) is 0.264. The van der Waals surface area contributed by atoms with Gasteiger partial charge in [0.15, 0.2) is 5.78 Å². The molecule has 80 valence electrons. The van der Waals surface area contributed by atoms with Crippen molar-refractivity contribution in [3.05, 3.63) is 12.7 Å². The maximum absolute atomic E-state index is 11.9. The molecule has 0 atom stereocenters. The van der Waals surface area contributed by atoms with Crippen molar-refractivity contribution in [2.45, 2.75) is 50.5 Å². The fraction of sp³-hybridized carbons (Fsp3) is 0.750. The van der Waals surface area contributed by atoms with Crippen molar-refractivity contribution in [2.75, 3.05) is 7.11 Å². The fourth-order valence-electron chi connectivity index (χ4n) is 2.18. The lowest BCUT2D eigenvalue weighted by Crippen LogP contribution is -2.42. The predicted molar refractivity (Wildman–Crippen MR) is 57.3 cm³/mol. The van der Waals surface area contributed by atoms with Crippen LogP contribution in [0.3, 0.4) is 0 Å². The van der Waals surface area contributed by atoms with Gasteiger partial charge in [0, 0.05) is 13.5 Å². The first-order valence-corrected chi connectivity index (χ1v) is 5.44. The summed E-state index contributed by atoms with van der Waals surface area (Å²) in [6.07, 6.45) is 8.42. The molecule has 0 bridgehead atoms. The second-order valence-corrected chi connectivity index (χ2v) is 4.01. The van der Waals surface area contributed by atoms with E-state index in [2.05, 4.69) is 6.58 Å². The predicted octanol–water partition coefficient (Wildman–Crippen LogP) is 2.87. The number of rotatable bonds is 5. The summed E-state index contributed by atoms with van der Waals surface area (Å²) >= 11 is 0. The average molecular weight is 196 g/mol. The Labute approximate surface area is 86.3 Å². The monoisotopic (exact) mass is 196 g/mol. The topological polar surface area (TPSA) is 26.3 Å². The third-order valence-corrected chi connectivity index (χ3v) is 3.14. The van der Waals surface area contributed by atoms with E-state index in [1.165, 1.54) is 6.42 Å². The van der Waals surface area contributed by atoms with Crippen molar-refractivity contribution in [3.63, 3.8) is 0 Å². The van der Waals surface area contributed by atoms with Gasteiger partial charge in [-0.15, -0.1) is 6.58 Å². The van der Waals surface area contributed by atoms with Crippen LogP contribution in [-0.2, 0) is 9.53 Å². The lowest BCUT2D eigenvalue weighted by Gasteiger charge is -2.34. The second-order valence-electron chi connectivity index (χ2n) is 4.01. The molecule has 1 rings (SSSR count). The Morgan fingerprint density at radius 1 is 1.43 bits per heavy atom. The Morgan fingerprint density at radius 2 is 2.07 bits per heavy atom. The molecule has 1 aliphatic rings. The Hall–Kier alpha value is -0.630. The number of ketones is 1. The molecule has 0 amide bonds. The largest absolute Gasteiger partial charge is 0.370 e. The summed E-state index contributed by atoms with van der Waals surface area (Å²) in [7, 11) is 1.66. The summed E-state index contributed by atoms with van der Waals surface area (Å²) in [5.41, 5.74) is -0.457. The van der Waals surface area contributed by atoms with Gasteiger partial charge in [0.25, 0.3) is 0 Å². The number of carbonyl (C=O) groups is 1. The minimum absolute atomic E-state index is 0.264. The maximum Gasteiger partial charge on any atom is 0.164 e. The second kappa shape index (κ2) is 5.30. The molecule has 0 spiro atoms. The summed E-state index contributed by atoms with van der Waals surface area (Å²) < 4.78 is 5.45. The normalized spacial score (nSPS) is 20.4. The van der Waals surface area contributed by atoms with Crippen LogP contribution < -0.4 is 0 Å². The zero-order valence-electron chi connectivity index (χ0n) is 9.05. The first kappa shape index (κ1) is 11.4. The first-order chi connectivity index (χ1) is 6.75. The smallest absolute Gasteiger partial charge is 0.164 e.